The maximum absolute atomic E-state index is 12.4. The number of hydrogen-bond donors (Lipinski definition) is 3. The molecule has 0 aliphatic carbocycles. The van der Waals surface area contributed by atoms with Gasteiger partial charge in [-0.1, -0.05) is 245 Å². The van der Waals surface area contributed by atoms with Crippen molar-refractivity contribution in [2.45, 2.75) is 238 Å². The summed E-state index contributed by atoms with van der Waals surface area (Å²) in [7, 11) is 0. The second-order valence-corrected chi connectivity index (χ2v) is 17.2. The molecular formula is C59H99NO3. The fourth-order valence-electron chi connectivity index (χ4n) is 7.21. The van der Waals surface area contributed by atoms with Crippen LogP contribution in [0.15, 0.2) is 122 Å². The minimum absolute atomic E-state index is 0.0931. The molecule has 0 fully saturated rings. The summed E-state index contributed by atoms with van der Waals surface area (Å²) in [6, 6.07) is -0.657. The van der Waals surface area contributed by atoms with Gasteiger partial charge in [-0.15, -0.1) is 0 Å². The van der Waals surface area contributed by atoms with Crippen LogP contribution in [0.25, 0.3) is 0 Å². The van der Waals surface area contributed by atoms with E-state index in [9.17, 15) is 15.0 Å². The maximum atomic E-state index is 12.4. The van der Waals surface area contributed by atoms with Gasteiger partial charge in [0, 0.05) is 6.42 Å². The highest BCUT2D eigenvalue weighted by molar-refractivity contribution is 5.76. The van der Waals surface area contributed by atoms with E-state index in [1.165, 1.54) is 109 Å². The van der Waals surface area contributed by atoms with Gasteiger partial charge >= 0.3 is 0 Å². The van der Waals surface area contributed by atoms with Crippen LogP contribution in [0.3, 0.4) is 0 Å². The molecule has 4 heteroatoms. The van der Waals surface area contributed by atoms with Crippen molar-refractivity contribution >= 4 is 5.91 Å². The number of rotatable bonds is 46. The SMILES string of the molecule is CC/C=C\C/C=C\C/C=C\C/C=C\C/C=C\C/C=C\C/C=C\C/C=C\CCCCCCCCC(=O)NC(CO)C(O)/C=C/CC/C=C/CCCCCCCCCCCCCCCC. The number of aliphatic hydroxyl groups is 2. The standard InChI is InChI=1S/C59H99NO3/c1-3-5-7-9-11-13-15-17-19-21-23-25-26-27-28-29-30-31-32-33-34-35-37-39-41-43-45-47-49-51-53-55-59(63)60-57(56-61)58(62)54-52-50-48-46-44-42-40-38-36-24-22-20-18-16-14-12-10-8-6-4-2/h5,7,11,13,17,19,23,25,27-28,30-31,33-34,37,39,44,46,52,54,57-58,61-62H,3-4,6,8-10,12,14-16,18,20-22,24,26,29,32,35-36,38,40-43,45,47-51,53,55-56H2,1-2H3,(H,60,63)/b7-5-,13-11-,19-17-,25-23-,28-27-,31-30-,34-33-,39-37-,46-44+,54-52+. The lowest BCUT2D eigenvalue weighted by Gasteiger charge is -2.19. The Morgan fingerprint density at radius 3 is 1.11 bits per heavy atom. The summed E-state index contributed by atoms with van der Waals surface area (Å²) in [5, 5.41) is 23.1. The van der Waals surface area contributed by atoms with Gasteiger partial charge in [0.2, 0.25) is 5.91 Å². The third-order valence-electron chi connectivity index (χ3n) is 11.2. The van der Waals surface area contributed by atoms with E-state index in [1.54, 1.807) is 6.08 Å². The Labute approximate surface area is 390 Å². The molecule has 0 saturated heterocycles. The first-order valence-corrected chi connectivity index (χ1v) is 26.2. The van der Waals surface area contributed by atoms with Crippen molar-refractivity contribution < 1.29 is 15.0 Å². The molecule has 358 valence electrons. The second-order valence-electron chi connectivity index (χ2n) is 17.2. The minimum Gasteiger partial charge on any atom is -0.394 e. The molecule has 0 saturated carbocycles. The summed E-state index contributed by atoms with van der Waals surface area (Å²) in [5.41, 5.74) is 0. The zero-order valence-corrected chi connectivity index (χ0v) is 41.0. The quantitative estimate of drug-likeness (QED) is 0.0422. The number of unbranched alkanes of at least 4 members (excludes halogenated alkanes) is 21. The molecule has 0 aromatic rings. The van der Waals surface area contributed by atoms with Crippen molar-refractivity contribution in [3.8, 4) is 0 Å². The van der Waals surface area contributed by atoms with Gasteiger partial charge in [0.1, 0.15) is 0 Å². The number of nitrogens with one attached hydrogen (secondary N) is 1. The van der Waals surface area contributed by atoms with Crippen LogP contribution in [0.2, 0.25) is 0 Å². The van der Waals surface area contributed by atoms with E-state index in [4.69, 9.17) is 0 Å². The van der Waals surface area contributed by atoms with E-state index in [1.807, 2.05) is 6.08 Å². The second kappa shape index (κ2) is 53.1. The average Bonchev–Trinajstić information content (AvgIpc) is 3.29. The van der Waals surface area contributed by atoms with E-state index in [-0.39, 0.29) is 12.5 Å². The van der Waals surface area contributed by atoms with Gasteiger partial charge in [0.05, 0.1) is 18.8 Å². The Hall–Kier alpha value is -3.21. The molecule has 0 heterocycles. The van der Waals surface area contributed by atoms with Gasteiger partial charge in [-0.25, -0.2) is 0 Å². The van der Waals surface area contributed by atoms with Gasteiger partial charge < -0.3 is 15.5 Å². The van der Waals surface area contributed by atoms with Crippen molar-refractivity contribution in [3.63, 3.8) is 0 Å². The highest BCUT2D eigenvalue weighted by Gasteiger charge is 2.17. The molecule has 0 aliphatic heterocycles. The van der Waals surface area contributed by atoms with Crippen LogP contribution in [-0.4, -0.2) is 34.9 Å². The van der Waals surface area contributed by atoms with Crippen LogP contribution in [-0.2, 0) is 4.79 Å². The van der Waals surface area contributed by atoms with Gasteiger partial charge in [-0.3, -0.25) is 4.79 Å². The molecule has 2 unspecified atom stereocenters. The zero-order chi connectivity index (χ0) is 45.6. The molecule has 0 bridgehead atoms. The Balaban J connectivity index is 3.69. The molecule has 4 nitrogen and oxygen atoms in total. The van der Waals surface area contributed by atoms with Gasteiger partial charge in [0.15, 0.2) is 0 Å². The van der Waals surface area contributed by atoms with Crippen LogP contribution in [0.4, 0.5) is 0 Å². The summed E-state index contributed by atoms with van der Waals surface area (Å²) in [5.74, 6) is -0.0931. The van der Waals surface area contributed by atoms with Crippen LogP contribution in [0, 0.1) is 0 Å². The van der Waals surface area contributed by atoms with E-state index < -0.39 is 12.1 Å². The number of allylic oxidation sites excluding steroid dienone is 19. The summed E-state index contributed by atoms with van der Waals surface area (Å²) in [4.78, 5) is 12.4. The fourth-order valence-corrected chi connectivity index (χ4v) is 7.21. The molecule has 63 heavy (non-hydrogen) atoms. The van der Waals surface area contributed by atoms with E-state index in [0.717, 1.165) is 96.3 Å². The number of carbonyl (C=O) groups is 1. The van der Waals surface area contributed by atoms with E-state index in [2.05, 4.69) is 129 Å². The normalized spacial score (nSPS) is 13.9. The Bertz CT molecular complexity index is 1260. The molecule has 0 spiro atoms. The zero-order valence-electron chi connectivity index (χ0n) is 41.0. The summed E-state index contributed by atoms with van der Waals surface area (Å²) >= 11 is 0. The third kappa shape index (κ3) is 49.7. The molecule has 0 radical (unpaired) electrons. The molecule has 0 aromatic carbocycles. The highest BCUT2D eigenvalue weighted by atomic mass is 16.3. The first-order chi connectivity index (χ1) is 31.2. The smallest absolute Gasteiger partial charge is 0.220 e. The topological polar surface area (TPSA) is 69.6 Å². The lowest BCUT2D eigenvalue weighted by molar-refractivity contribution is -0.123. The molecule has 0 aromatic heterocycles. The van der Waals surface area contributed by atoms with Crippen LogP contribution in [0.1, 0.15) is 226 Å². The first kappa shape index (κ1) is 59.8. The number of amides is 1. The summed E-state index contributed by atoms with van der Waals surface area (Å²) in [6.45, 7) is 4.18. The molecule has 0 aliphatic rings. The average molecular weight is 870 g/mol. The van der Waals surface area contributed by atoms with Crippen LogP contribution < -0.4 is 5.32 Å². The van der Waals surface area contributed by atoms with Gasteiger partial charge in [-0.05, 0) is 96.3 Å². The monoisotopic (exact) mass is 870 g/mol. The Morgan fingerprint density at radius 1 is 0.397 bits per heavy atom. The summed E-state index contributed by atoms with van der Waals surface area (Å²) < 4.78 is 0. The maximum Gasteiger partial charge on any atom is 0.220 e. The molecule has 1 amide bonds. The lowest BCUT2D eigenvalue weighted by atomic mass is 10.0. The largest absolute Gasteiger partial charge is 0.394 e. The van der Waals surface area contributed by atoms with Crippen molar-refractivity contribution in [3.05, 3.63) is 122 Å². The van der Waals surface area contributed by atoms with Crippen LogP contribution in [0.5, 0.6) is 0 Å². The Morgan fingerprint density at radius 2 is 0.714 bits per heavy atom. The van der Waals surface area contributed by atoms with Crippen molar-refractivity contribution in [2.24, 2.45) is 0 Å². The van der Waals surface area contributed by atoms with Crippen molar-refractivity contribution in [1.29, 1.82) is 0 Å². The van der Waals surface area contributed by atoms with E-state index in [0.29, 0.717) is 6.42 Å². The first-order valence-electron chi connectivity index (χ1n) is 26.2. The predicted octanol–water partition coefficient (Wildman–Crippen LogP) is 17.3. The molecular weight excluding hydrogens is 771 g/mol. The van der Waals surface area contributed by atoms with Crippen molar-refractivity contribution in [2.75, 3.05) is 6.61 Å². The predicted molar refractivity (Wildman–Crippen MR) is 280 cm³/mol. The van der Waals surface area contributed by atoms with Crippen molar-refractivity contribution in [1.82, 2.24) is 5.32 Å². The number of hydrogen-bond acceptors (Lipinski definition) is 3. The fraction of sp³-hybridized carbons (Fsp3) is 0.644. The highest BCUT2D eigenvalue weighted by Crippen LogP contribution is 2.14. The minimum atomic E-state index is -0.878. The van der Waals surface area contributed by atoms with Gasteiger partial charge in [-0.2, -0.15) is 0 Å². The summed E-state index contributed by atoms with van der Waals surface area (Å²) in [6.07, 6.45) is 81.9. The molecule has 3 N–H and O–H groups in total. The Kier molecular flexibility index (Phi) is 50.4. The van der Waals surface area contributed by atoms with E-state index >= 15 is 0 Å². The third-order valence-corrected chi connectivity index (χ3v) is 11.2. The molecule has 2 atom stereocenters. The molecule has 0 rings (SSSR count). The number of carbonyl (C=O) groups excluding carboxylic acids is 1. The number of aliphatic hydroxyl groups excluding tert-OH is 2. The van der Waals surface area contributed by atoms with Gasteiger partial charge in [0.25, 0.3) is 0 Å². The van der Waals surface area contributed by atoms with Crippen LogP contribution >= 0.6 is 0 Å². The lowest BCUT2D eigenvalue weighted by Crippen LogP contribution is -2.45.